The van der Waals surface area contributed by atoms with Gasteiger partial charge in [-0.2, -0.15) is 13.2 Å². The Labute approximate surface area is 154 Å². The number of fused-ring (bicyclic) bond motifs is 1. The normalized spacial score (nSPS) is 11.6. The number of anilines is 1. The lowest BCUT2D eigenvalue weighted by molar-refractivity contribution is -0.136. The van der Waals surface area contributed by atoms with E-state index in [4.69, 9.17) is 21.6 Å². The molecule has 1 amide bonds. The van der Waals surface area contributed by atoms with Crippen LogP contribution in [0.15, 0.2) is 30.3 Å². The van der Waals surface area contributed by atoms with Crippen LogP contribution in [-0.2, 0) is 6.18 Å². The maximum Gasteiger partial charge on any atom is 0.417 e. The van der Waals surface area contributed by atoms with E-state index in [9.17, 15) is 18.0 Å². The molecular formula is C16H14F3N5O2S. The van der Waals surface area contributed by atoms with E-state index in [0.29, 0.717) is 10.1 Å². The number of ether oxygens (including phenoxy) is 1. The molecule has 11 heteroatoms. The van der Waals surface area contributed by atoms with E-state index < -0.39 is 23.6 Å². The number of benzene rings is 1. The van der Waals surface area contributed by atoms with Gasteiger partial charge < -0.3 is 21.2 Å². The first-order valence-corrected chi connectivity index (χ1v) is 8.27. The molecule has 0 unspecified atom stereocenters. The summed E-state index contributed by atoms with van der Waals surface area (Å²) in [6, 6.07) is 6.30. The molecule has 0 aliphatic rings. The van der Waals surface area contributed by atoms with Crippen LogP contribution in [0.3, 0.4) is 0 Å². The first-order chi connectivity index (χ1) is 12.6. The van der Waals surface area contributed by atoms with Crippen molar-refractivity contribution in [1.82, 2.24) is 9.88 Å². The maximum absolute atomic E-state index is 13.4. The molecule has 0 radical (unpaired) electrons. The number of aromatic nitrogens is 1. The van der Waals surface area contributed by atoms with Crippen LogP contribution in [0.2, 0.25) is 0 Å². The molecule has 0 spiro atoms. The number of hydrogen-bond acceptors (Lipinski definition) is 5. The highest BCUT2D eigenvalue weighted by molar-refractivity contribution is 7.17. The number of carbonyl (C=O) groups is 1. The molecule has 3 rings (SSSR count). The molecule has 0 saturated heterocycles. The van der Waals surface area contributed by atoms with E-state index in [1.807, 2.05) is 0 Å². The molecule has 6 N–H and O–H groups in total. The number of H-pyrrole nitrogens is 1. The minimum Gasteiger partial charge on any atom is -0.444 e. The highest BCUT2D eigenvalue weighted by atomic mass is 32.1. The van der Waals surface area contributed by atoms with Crippen molar-refractivity contribution in [3.05, 3.63) is 41.6 Å². The smallest absolute Gasteiger partial charge is 0.417 e. The van der Waals surface area contributed by atoms with Crippen molar-refractivity contribution >= 4 is 39.1 Å². The van der Waals surface area contributed by atoms with Crippen molar-refractivity contribution in [3.8, 4) is 10.8 Å². The zero-order valence-corrected chi connectivity index (χ0v) is 14.7. The fraction of sp³-hybridized carbons (Fsp3) is 0.125. The number of amides is 1. The Morgan fingerprint density at radius 1 is 1.30 bits per heavy atom. The molecule has 0 aliphatic heterocycles. The van der Waals surface area contributed by atoms with Crippen LogP contribution in [0.5, 0.6) is 10.8 Å². The number of aromatic amines is 1. The molecule has 0 aliphatic carbocycles. The van der Waals surface area contributed by atoms with Crippen LogP contribution in [0.1, 0.15) is 16.1 Å². The van der Waals surface area contributed by atoms with Gasteiger partial charge in [-0.25, -0.2) is 0 Å². The van der Waals surface area contributed by atoms with Gasteiger partial charge in [-0.1, -0.05) is 11.3 Å². The summed E-state index contributed by atoms with van der Waals surface area (Å²) in [5.74, 6) is -1.19. The molecule has 2 aromatic heterocycles. The molecular weight excluding hydrogens is 383 g/mol. The Morgan fingerprint density at radius 2 is 2.00 bits per heavy atom. The second kappa shape index (κ2) is 6.50. The fourth-order valence-electron chi connectivity index (χ4n) is 2.43. The Bertz CT molecular complexity index is 1040. The van der Waals surface area contributed by atoms with E-state index >= 15 is 0 Å². The van der Waals surface area contributed by atoms with Gasteiger partial charge in [0.25, 0.3) is 5.91 Å². The monoisotopic (exact) mass is 397 g/mol. The van der Waals surface area contributed by atoms with Gasteiger partial charge in [-0.3, -0.25) is 15.1 Å². The van der Waals surface area contributed by atoms with E-state index in [1.54, 1.807) is 12.1 Å². The number of nitrogens with two attached hydrogens (primary N) is 2. The molecule has 0 bridgehead atoms. The van der Waals surface area contributed by atoms with Crippen LogP contribution in [0, 0.1) is 5.41 Å². The highest BCUT2D eigenvalue weighted by Gasteiger charge is 2.34. The first-order valence-electron chi connectivity index (χ1n) is 7.46. The first kappa shape index (κ1) is 18.6. The number of hydrogen-bond donors (Lipinski definition) is 4. The number of alkyl halides is 3. The minimum atomic E-state index is -4.63. The van der Waals surface area contributed by atoms with Crippen molar-refractivity contribution in [1.29, 1.82) is 5.41 Å². The lowest BCUT2D eigenvalue weighted by atomic mass is 10.1. The summed E-state index contributed by atoms with van der Waals surface area (Å²) in [5, 5.41) is 7.94. The van der Waals surface area contributed by atoms with Gasteiger partial charge >= 0.3 is 6.18 Å². The lowest BCUT2D eigenvalue weighted by Gasteiger charge is -2.12. The van der Waals surface area contributed by atoms with Crippen LogP contribution >= 0.6 is 11.3 Å². The average molecular weight is 397 g/mol. The van der Waals surface area contributed by atoms with Crippen LogP contribution in [-0.4, -0.2) is 28.8 Å². The molecule has 7 nitrogen and oxygen atoms in total. The Kier molecular flexibility index (Phi) is 4.47. The summed E-state index contributed by atoms with van der Waals surface area (Å²) < 4.78 is 45.7. The van der Waals surface area contributed by atoms with E-state index in [0.717, 1.165) is 28.4 Å². The predicted octanol–water partition coefficient (Wildman–Crippen LogP) is 3.59. The average Bonchev–Trinajstić information content (AvgIpc) is 3.19. The molecule has 3 aromatic rings. The number of guanidine groups is 1. The van der Waals surface area contributed by atoms with Crippen molar-refractivity contribution in [2.75, 3.05) is 12.8 Å². The SMILES string of the molecule is CN(C(=N)N)C(=O)c1cc2c(C(F)(F)F)ccc(Oc3ccc(N)s3)c2[nH]1. The van der Waals surface area contributed by atoms with Crippen molar-refractivity contribution in [2.24, 2.45) is 5.73 Å². The van der Waals surface area contributed by atoms with E-state index in [2.05, 4.69) is 4.98 Å². The largest absolute Gasteiger partial charge is 0.444 e. The van der Waals surface area contributed by atoms with Gasteiger partial charge in [0.15, 0.2) is 16.8 Å². The number of nitrogen functional groups attached to an aromatic ring is 1. The quantitative estimate of drug-likeness (QED) is 0.399. The number of thiophene rings is 1. The second-order valence-electron chi connectivity index (χ2n) is 5.59. The molecule has 0 fully saturated rings. The number of nitrogens with one attached hydrogen (secondary N) is 2. The van der Waals surface area contributed by atoms with Gasteiger partial charge in [-0.15, -0.1) is 0 Å². The van der Waals surface area contributed by atoms with Crippen molar-refractivity contribution in [2.45, 2.75) is 6.18 Å². The van der Waals surface area contributed by atoms with Crippen molar-refractivity contribution in [3.63, 3.8) is 0 Å². The van der Waals surface area contributed by atoms with Crippen molar-refractivity contribution < 1.29 is 22.7 Å². The number of nitrogens with zero attached hydrogens (tertiary/aromatic N) is 1. The predicted molar refractivity (Wildman–Crippen MR) is 96.1 cm³/mol. The molecule has 2 heterocycles. The third kappa shape index (κ3) is 3.53. The number of halogens is 3. The van der Waals surface area contributed by atoms with Gasteiger partial charge in [0.1, 0.15) is 5.69 Å². The molecule has 0 saturated carbocycles. The van der Waals surface area contributed by atoms with Gasteiger partial charge in [0.05, 0.1) is 16.1 Å². The van der Waals surface area contributed by atoms with Crippen LogP contribution in [0.4, 0.5) is 18.2 Å². The molecule has 0 atom stereocenters. The molecule has 27 heavy (non-hydrogen) atoms. The summed E-state index contributed by atoms with van der Waals surface area (Å²) in [4.78, 5) is 15.8. The Morgan fingerprint density at radius 3 is 2.56 bits per heavy atom. The number of carbonyl (C=O) groups excluding carboxylic acids is 1. The summed E-state index contributed by atoms with van der Waals surface area (Å²) in [5.41, 5.74) is 9.81. The summed E-state index contributed by atoms with van der Waals surface area (Å²) in [6.45, 7) is 0. The van der Waals surface area contributed by atoms with E-state index in [-0.39, 0.29) is 22.3 Å². The zero-order chi connectivity index (χ0) is 19.9. The third-order valence-corrected chi connectivity index (χ3v) is 4.56. The van der Waals surface area contributed by atoms with Crippen LogP contribution in [0.25, 0.3) is 10.9 Å². The topological polar surface area (TPSA) is 121 Å². The number of rotatable bonds is 3. The Hall–Kier alpha value is -3.21. The van der Waals surface area contributed by atoms with Gasteiger partial charge in [-0.05, 0) is 30.3 Å². The fourth-order valence-corrected chi connectivity index (χ4v) is 3.06. The van der Waals surface area contributed by atoms with Gasteiger partial charge in [0, 0.05) is 12.4 Å². The highest BCUT2D eigenvalue weighted by Crippen LogP contribution is 2.41. The minimum absolute atomic E-state index is 0.00269. The van der Waals surface area contributed by atoms with E-state index in [1.165, 1.54) is 13.1 Å². The zero-order valence-electron chi connectivity index (χ0n) is 13.8. The maximum atomic E-state index is 13.4. The standard InChI is InChI=1S/C16H14F3N5O2S/c1-24(15(21)22)14(25)9-6-7-8(16(17,18)19)2-3-10(13(7)23-9)26-12-5-4-11(20)27-12/h2-6,23H,20H2,1H3,(H3,21,22). The summed E-state index contributed by atoms with van der Waals surface area (Å²) in [7, 11) is 1.24. The second-order valence-corrected chi connectivity index (χ2v) is 6.67. The third-order valence-electron chi connectivity index (χ3n) is 3.77. The molecule has 142 valence electrons. The summed E-state index contributed by atoms with van der Waals surface area (Å²) in [6.07, 6.45) is -4.63. The Balaban J connectivity index is 2.15. The van der Waals surface area contributed by atoms with Crippen LogP contribution < -0.4 is 16.2 Å². The van der Waals surface area contributed by atoms with Gasteiger partial charge in [0.2, 0.25) is 0 Å². The lowest BCUT2D eigenvalue weighted by Crippen LogP contribution is -2.38. The molecule has 1 aromatic carbocycles. The summed E-state index contributed by atoms with van der Waals surface area (Å²) >= 11 is 1.12.